The van der Waals surface area contributed by atoms with Gasteiger partial charge in [0, 0.05) is 5.56 Å². The standard InChI is InChI=1S/C20H25N3O3/c1-5-26-18-9-7-12(2)10-15(18)14(4)22-19(24)20(25)23-17-11-13(3)6-8-16(17)21/h6-11,14H,5,21H2,1-4H3,(H,22,24)(H,23,25). The summed E-state index contributed by atoms with van der Waals surface area (Å²) < 4.78 is 5.61. The minimum absolute atomic E-state index is 0.385. The van der Waals surface area contributed by atoms with Crippen LogP contribution in [0.1, 0.15) is 36.6 Å². The van der Waals surface area contributed by atoms with E-state index in [9.17, 15) is 9.59 Å². The lowest BCUT2D eigenvalue weighted by Gasteiger charge is -2.18. The van der Waals surface area contributed by atoms with Gasteiger partial charge in [0.1, 0.15) is 5.75 Å². The summed E-state index contributed by atoms with van der Waals surface area (Å²) in [6, 6.07) is 10.6. The van der Waals surface area contributed by atoms with E-state index in [1.807, 2.05) is 52.0 Å². The van der Waals surface area contributed by atoms with Gasteiger partial charge in [0.15, 0.2) is 0 Å². The van der Waals surface area contributed by atoms with Crippen LogP contribution in [0.4, 0.5) is 11.4 Å². The molecular weight excluding hydrogens is 330 g/mol. The van der Waals surface area contributed by atoms with Gasteiger partial charge < -0.3 is 21.1 Å². The maximum atomic E-state index is 12.3. The van der Waals surface area contributed by atoms with Crippen LogP contribution in [-0.4, -0.2) is 18.4 Å². The van der Waals surface area contributed by atoms with E-state index in [4.69, 9.17) is 10.5 Å². The van der Waals surface area contributed by atoms with Gasteiger partial charge in [-0.25, -0.2) is 0 Å². The summed E-state index contributed by atoms with van der Waals surface area (Å²) >= 11 is 0. The first-order chi connectivity index (χ1) is 12.3. The lowest BCUT2D eigenvalue weighted by Crippen LogP contribution is -2.37. The molecule has 2 aromatic carbocycles. The molecular formula is C20H25N3O3. The molecule has 0 spiro atoms. The summed E-state index contributed by atoms with van der Waals surface area (Å²) in [7, 11) is 0. The van der Waals surface area contributed by atoms with E-state index in [1.165, 1.54) is 0 Å². The van der Waals surface area contributed by atoms with E-state index < -0.39 is 11.8 Å². The number of nitrogen functional groups attached to an aromatic ring is 1. The number of carbonyl (C=O) groups excluding carboxylic acids is 2. The fourth-order valence-electron chi connectivity index (χ4n) is 2.59. The van der Waals surface area contributed by atoms with Crippen LogP contribution in [0.25, 0.3) is 0 Å². The number of ether oxygens (including phenoxy) is 1. The number of benzene rings is 2. The van der Waals surface area contributed by atoms with Gasteiger partial charge in [-0.2, -0.15) is 0 Å². The molecule has 2 amide bonds. The van der Waals surface area contributed by atoms with Crippen molar-refractivity contribution >= 4 is 23.2 Å². The highest BCUT2D eigenvalue weighted by atomic mass is 16.5. The van der Waals surface area contributed by atoms with Crippen molar-refractivity contribution in [2.45, 2.75) is 33.7 Å². The minimum Gasteiger partial charge on any atom is -0.494 e. The molecule has 0 aliphatic heterocycles. The molecule has 0 heterocycles. The number of amides is 2. The van der Waals surface area contributed by atoms with E-state index in [0.717, 1.165) is 16.7 Å². The van der Waals surface area contributed by atoms with Gasteiger partial charge >= 0.3 is 11.8 Å². The molecule has 0 aromatic heterocycles. The SMILES string of the molecule is CCOc1ccc(C)cc1C(C)NC(=O)C(=O)Nc1cc(C)ccc1N. The monoisotopic (exact) mass is 355 g/mol. The number of nitrogens with two attached hydrogens (primary N) is 1. The normalized spacial score (nSPS) is 11.5. The highest BCUT2D eigenvalue weighted by molar-refractivity contribution is 6.40. The Labute approximate surface area is 153 Å². The van der Waals surface area contributed by atoms with Crippen molar-refractivity contribution in [2.75, 3.05) is 17.7 Å². The Morgan fingerprint density at radius 3 is 2.42 bits per heavy atom. The highest BCUT2D eigenvalue weighted by Crippen LogP contribution is 2.26. The second-order valence-corrected chi connectivity index (χ2v) is 6.21. The molecule has 0 saturated heterocycles. The molecule has 0 aliphatic rings. The second-order valence-electron chi connectivity index (χ2n) is 6.21. The average molecular weight is 355 g/mol. The van der Waals surface area contributed by atoms with Crippen molar-refractivity contribution in [1.82, 2.24) is 5.32 Å². The molecule has 0 aliphatic carbocycles. The zero-order valence-electron chi connectivity index (χ0n) is 15.6. The minimum atomic E-state index is -0.764. The quantitative estimate of drug-likeness (QED) is 0.567. The molecule has 0 radical (unpaired) electrons. The average Bonchev–Trinajstić information content (AvgIpc) is 2.59. The van der Waals surface area contributed by atoms with Gasteiger partial charge in [-0.3, -0.25) is 9.59 Å². The van der Waals surface area contributed by atoms with Gasteiger partial charge in [-0.05, 0) is 51.5 Å². The number of hydrogen-bond acceptors (Lipinski definition) is 4. The summed E-state index contributed by atoms with van der Waals surface area (Å²) in [5.41, 5.74) is 9.46. The molecule has 1 atom stereocenters. The largest absolute Gasteiger partial charge is 0.494 e. The summed E-state index contributed by atoms with van der Waals surface area (Å²) in [6.07, 6.45) is 0. The molecule has 2 rings (SSSR count). The Kier molecular flexibility index (Phi) is 6.22. The predicted molar refractivity (Wildman–Crippen MR) is 103 cm³/mol. The van der Waals surface area contributed by atoms with Crippen LogP contribution in [0.15, 0.2) is 36.4 Å². The molecule has 0 bridgehead atoms. The van der Waals surface area contributed by atoms with Crippen molar-refractivity contribution in [3.63, 3.8) is 0 Å². The smallest absolute Gasteiger partial charge is 0.313 e. The molecule has 1 unspecified atom stereocenters. The number of aryl methyl sites for hydroxylation is 2. The van der Waals surface area contributed by atoms with Crippen molar-refractivity contribution in [3.8, 4) is 5.75 Å². The third-order valence-corrected chi connectivity index (χ3v) is 3.94. The predicted octanol–water partition coefficient (Wildman–Crippen LogP) is 3.10. The number of rotatable bonds is 5. The maximum absolute atomic E-state index is 12.3. The van der Waals surface area contributed by atoms with Crippen LogP contribution in [0.2, 0.25) is 0 Å². The van der Waals surface area contributed by atoms with Crippen LogP contribution >= 0.6 is 0 Å². The lowest BCUT2D eigenvalue weighted by atomic mass is 10.0. The number of hydrogen-bond donors (Lipinski definition) is 3. The fourth-order valence-corrected chi connectivity index (χ4v) is 2.59. The molecule has 0 fully saturated rings. The Hall–Kier alpha value is -3.02. The zero-order chi connectivity index (χ0) is 19.3. The van der Waals surface area contributed by atoms with Gasteiger partial charge in [0.05, 0.1) is 24.0 Å². The van der Waals surface area contributed by atoms with E-state index in [-0.39, 0.29) is 6.04 Å². The third kappa shape index (κ3) is 4.75. The molecule has 6 heteroatoms. The summed E-state index contributed by atoms with van der Waals surface area (Å²) in [5.74, 6) is -0.809. The van der Waals surface area contributed by atoms with Crippen molar-refractivity contribution < 1.29 is 14.3 Å². The molecule has 6 nitrogen and oxygen atoms in total. The van der Waals surface area contributed by atoms with Crippen molar-refractivity contribution in [2.24, 2.45) is 0 Å². The molecule has 2 aromatic rings. The highest BCUT2D eigenvalue weighted by Gasteiger charge is 2.20. The Bertz CT molecular complexity index is 818. The number of anilines is 2. The van der Waals surface area contributed by atoms with Crippen LogP contribution < -0.4 is 21.1 Å². The van der Waals surface area contributed by atoms with Crippen LogP contribution in [0.5, 0.6) is 5.75 Å². The van der Waals surface area contributed by atoms with Gasteiger partial charge in [-0.15, -0.1) is 0 Å². The number of carbonyl (C=O) groups is 2. The second kappa shape index (κ2) is 8.38. The van der Waals surface area contributed by atoms with Crippen molar-refractivity contribution in [1.29, 1.82) is 0 Å². The number of nitrogens with one attached hydrogen (secondary N) is 2. The van der Waals surface area contributed by atoms with Crippen molar-refractivity contribution in [3.05, 3.63) is 53.1 Å². The van der Waals surface area contributed by atoms with Gasteiger partial charge in [-0.1, -0.05) is 23.8 Å². The fraction of sp³-hybridized carbons (Fsp3) is 0.300. The van der Waals surface area contributed by atoms with Gasteiger partial charge in [0.2, 0.25) is 0 Å². The first kappa shape index (κ1) is 19.3. The molecule has 0 saturated carbocycles. The molecule has 138 valence electrons. The molecule has 26 heavy (non-hydrogen) atoms. The maximum Gasteiger partial charge on any atom is 0.313 e. The van der Waals surface area contributed by atoms with Crippen LogP contribution in [0.3, 0.4) is 0 Å². The van der Waals surface area contributed by atoms with E-state index >= 15 is 0 Å². The Morgan fingerprint density at radius 2 is 1.73 bits per heavy atom. The first-order valence-corrected chi connectivity index (χ1v) is 8.53. The van der Waals surface area contributed by atoms with E-state index in [1.54, 1.807) is 12.1 Å². The zero-order valence-corrected chi connectivity index (χ0v) is 15.6. The van der Waals surface area contributed by atoms with Crippen LogP contribution in [-0.2, 0) is 9.59 Å². The first-order valence-electron chi connectivity index (χ1n) is 8.53. The Morgan fingerprint density at radius 1 is 1.08 bits per heavy atom. The summed E-state index contributed by atoms with van der Waals surface area (Å²) in [6.45, 7) is 8.06. The van der Waals surface area contributed by atoms with Gasteiger partial charge in [0.25, 0.3) is 0 Å². The van der Waals surface area contributed by atoms with E-state index in [0.29, 0.717) is 23.7 Å². The lowest BCUT2D eigenvalue weighted by molar-refractivity contribution is -0.136. The van der Waals surface area contributed by atoms with E-state index in [2.05, 4.69) is 10.6 Å². The summed E-state index contributed by atoms with van der Waals surface area (Å²) in [4.78, 5) is 24.5. The summed E-state index contributed by atoms with van der Waals surface area (Å²) in [5, 5.41) is 5.26. The Balaban J connectivity index is 2.10. The topological polar surface area (TPSA) is 93.4 Å². The third-order valence-electron chi connectivity index (χ3n) is 3.94. The van der Waals surface area contributed by atoms with Crippen LogP contribution in [0, 0.1) is 13.8 Å². The molecule has 4 N–H and O–H groups in total.